The molecule has 7 nitrogen and oxygen atoms in total. The largest absolute Gasteiger partial charge is 0.360 e. The number of aromatic nitrogens is 3. The fourth-order valence-electron chi connectivity index (χ4n) is 2.10. The van der Waals surface area contributed by atoms with E-state index in [0.717, 1.165) is 0 Å². The Bertz CT molecular complexity index is 922. The summed E-state index contributed by atoms with van der Waals surface area (Å²) in [6.07, 6.45) is 0. The third kappa shape index (κ3) is 4.46. The number of halogens is 2. The summed E-state index contributed by atoms with van der Waals surface area (Å²) >= 11 is 11.9. The Hall–Kier alpha value is -2.64. The number of aryl methyl sites for hydroxylation is 2. The monoisotopic (exact) mass is 377 g/mol. The molecule has 128 valence electrons. The first kappa shape index (κ1) is 17.2. The summed E-state index contributed by atoms with van der Waals surface area (Å²) in [7, 11) is 0. The van der Waals surface area contributed by atoms with Crippen molar-refractivity contribution in [2.24, 2.45) is 0 Å². The van der Waals surface area contributed by atoms with Gasteiger partial charge in [-0.25, -0.2) is 9.97 Å². The van der Waals surface area contributed by atoms with E-state index in [4.69, 9.17) is 27.7 Å². The van der Waals surface area contributed by atoms with Gasteiger partial charge in [-0.05, 0) is 38.1 Å². The molecular formula is C16H13Cl2N5O2. The summed E-state index contributed by atoms with van der Waals surface area (Å²) in [5, 5.41) is 10.2. The second kappa shape index (κ2) is 7.08. The molecule has 9 heteroatoms. The predicted octanol–water partition coefficient (Wildman–Crippen LogP) is 4.38. The molecule has 3 rings (SSSR count). The zero-order valence-electron chi connectivity index (χ0n) is 13.3. The fourth-order valence-corrected chi connectivity index (χ4v) is 2.63. The van der Waals surface area contributed by atoms with Crippen LogP contribution in [0.15, 0.2) is 34.9 Å². The Morgan fingerprint density at radius 2 is 1.76 bits per heavy atom. The maximum Gasteiger partial charge on any atom is 0.274 e. The van der Waals surface area contributed by atoms with Gasteiger partial charge in [-0.15, -0.1) is 0 Å². The van der Waals surface area contributed by atoms with Crippen LogP contribution in [0.2, 0.25) is 10.0 Å². The smallest absolute Gasteiger partial charge is 0.274 e. The SMILES string of the molecule is Cc1cc(C(=O)Nc2cc(Cl)cc(Cl)c2)nc(Nc2cc(C)on2)n1. The molecular weight excluding hydrogens is 365 g/mol. The van der Waals surface area contributed by atoms with Gasteiger partial charge in [0, 0.05) is 27.5 Å². The van der Waals surface area contributed by atoms with Crippen LogP contribution < -0.4 is 10.6 Å². The van der Waals surface area contributed by atoms with E-state index in [2.05, 4.69) is 25.8 Å². The number of anilines is 3. The molecule has 0 unspecified atom stereocenters. The summed E-state index contributed by atoms with van der Waals surface area (Å²) in [6.45, 7) is 3.53. The number of nitrogens with one attached hydrogen (secondary N) is 2. The Balaban J connectivity index is 1.82. The summed E-state index contributed by atoms with van der Waals surface area (Å²) in [5.41, 5.74) is 1.28. The molecule has 0 aliphatic rings. The van der Waals surface area contributed by atoms with Crippen LogP contribution >= 0.6 is 23.2 Å². The molecule has 2 aromatic heterocycles. The highest BCUT2D eigenvalue weighted by Crippen LogP contribution is 2.23. The van der Waals surface area contributed by atoms with Gasteiger partial charge in [0.1, 0.15) is 11.5 Å². The van der Waals surface area contributed by atoms with Crippen molar-refractivity contribution in [1.29, 1.82) is 0 Å². The Kier molecular flexibility index (Phi) is 4.87. The van der Waals surface area contributed by atoms with Crippen molar-refractivity contribution in [3.05, 3.63) is 57.5 Å². The zero-order chi connectivity index (χ0) is 18.0. The molecule has 1 amide bonds. The van der Waals surface area contributed by atoms with Crippen LogP contribution in [-0.2, 0) is 0 Å². The molecule has 0 aliphatic heterocycles. The minimum atomic E-state index is -0.414. The van der Waals surface area contributed by atoms with Crippen LogP contribution in [0.1, 0.15) is 21.9 Å². The van der Waals surface area contributed by atoms with Gasteiger partial charge in [-0.3, -0.25) is 4.79 Å². The van der Waals surface area contributed by atoms with Crippen molar-refractivity contribution < 1.29 is 9.32 Å². The quantitative estimate of drug-likeness (QED) is 0.700. The van der Waals surface area contributed by atoms with Crippen LogP contribution in [0.4, 0.5) is 17.5 Å². The Labute approximate surface area is 153 Å². The molecule has 0 aliphatic carbocycles. The summed E-state index contributed by atoms with van der Waals surface area (Å²) in [5.74, 6) is 0.924. The molecule has 2 N–H and O–H groups in total. The van der Waals surface area contributed by atoms with Gasteiger partial charge in [0.2, 0.25) is 5.95 Å². The summed E-state index contributed by atoms with van der Waals surface area (Å²) in [4.78, 5) is 20.9. The number of carbonyl (C=O) groups excluding carboxylic acids is 1. The van der Waals surface area contributed by atoms with E-state index < -0.39 is 5.91 Å². The summed E-state index contributed by atoms with van der Waals surface area (Å²) < 4.78 is 4.97. The molecule has 2 heterocycles. The Morgan fingerprint density at radius 3 is 2.40 bits per heavy atom. The third-order valence-corrected chi connectivity index (χ3v) is 3.51. The van der Waals surface area contributed by atoms with Crippen LogP contribution in [0.25, 0.3) is 0 Å². The van der Waals surface area contributed by atoms with E-state index in [-0.39, 0.29) is 11.6 Å². The van der Waals surface area contributed by atoms with Crippen molar-refractivity contribution in [3.63, 3.8) is 0 Å². The highest BCUT2D eigenvalue weighted by Gasteiger charge is 2.13. The van der Waals surface area contributed by atoms with Crippen LogP contribution in [0.3, 0.4) is 0 Å². The van der Waals surface area contributed by atoms with E-state index >= 15 is 0 Å². The van der Waals surface area contributed by atoms with Crippen molar-refractivity contribution >= 4 is 46.6 Å². The van der Waals surface area contributed by atoms with Gasteiger partial charge in [0.15, 0.2) is 5.82 Å². The molecule has 0 saturated heterocycles. The highest BCUT2D eigenvalue weighted by molar-refractivity contribution is 6.35. The number of rotatable bonds is 4. The van der Waals surface area contributed by atoms with Gasteiger partial charge in [-0.1, -0.05) is 28.4 Å². The van der Waals surface area contributed by atoms with E-state index in [1.54, 1.807) is 44.2 Å². The molecule has 1 aromatic carbocycles. The first-order valence-corrected chi connectivity index (χ1v) is 7.98. The van der Waals surface area contributed by atoms with Gasteiger partial charge >= 0.3 is 0 Å². The Morgan fingerprint density at radius 1 is 1.04 bits per heavy atom. The molecule has 0 fully saturated rings. The third-order valence-electron chi connectivity index (χ3n) is 3.08. The van der Waals surface area contributed by atoms with Gasteiger partial charge in [0.25, 0.3) is 5.91 Å². The second-order valence-corrected chi connectivity index (χ2v) is 6.15. The number of amides is 1. The lowest BCUT2D eigenvalue weighted by molar-refractivity contribution is 0.102. The maximum atomic E-state index is 12.4. The van der Waals surface area contributed by atoms with Crippen LogP contribution in [0.5, 0.6) is 0 Å². The second-order valence-electron chi connectivity index (χ2n) is 5.28. The lowest BCUT2D eigenvalue weighted by atomic mass is 10.3. The molecule has 3 aromatic rings. The minimum absolute atomic E-state index is 0.186. The fraction of sp³-hybridized carbons (Fsp3) is 0.125. The van der Waals surface area contributed by atoms with Crippen molar-refractivity contribution in [2.45, 2.75) is 13.8 Å². The molecule has 0 atom stereocenters. The molecule has 0 spiro atoms. The van der Waals surface area contributed by atoms with Crippen molar-refractivity contribution in [2.75, 3.05) is 10.6 Å². The lowest BCUT2D eigenvalue weighted by Crippen LogP contribution is -2.15. The summed E-state index contributed by atoms with van der Waals surface area (Å²) in [6, 6.07) is 8.03. The average Bonchev–Trinajstić information content (AvgIpc) is 2.90. The number of hydrogen-bond acceptors (Lipinski definition) is 6. The number of hydrogen-bond donors (Lipinski definition) is 2. The van der Waals surface area contributed by atoms with Crippen molar-refractivity contribution in [1.82, 2.24) is 15.1 Å². The molecule has 0 radical (unpaired) electrons. The van der Waals surface area contributed by atoms with Crippen molar-refractivity contribution in [3.8, 4) is 0 Å². The van der Waals surface area contributed by atoms with E-state index in [0.29, 0.717) is 33.0 Å². The van der Waals surface area contributed by atoms with Gasteiger partial charge in [-0.2, -0.15) is 0 Å². The number of benzene rings is 1. The normalized spacial score (nSPS) is 10.6. The van der Waals surface area contributed by atoms with E-state index in [1.807, 2.05) is 0 Å². The predicted molar refractivity (Wildman–Crippen MR) is 95.7 cm³/mol. The zero-order valence-corrected chi connectivity index (χ0v) is 14.8. The minimum Gasteiger partial charge on any atom is -0.360 e. The molecule has 0 bridgehead atoms. The van der Waals surface area contributed by atoms with Gasteiger partial charge in [0.05, 0.1) is 0 Å². The highest BCUT2D eigenvalue weighted by atomic mass is 35.5. The first-order valence-electron chi connectivity index (χ1n) is 7.22. The van der Waals surface area contributed by atoms with E-state index in [9.17, 15) is 4.79 Å². The first-order chi connectivity index (χ1) is 11.9. The molecule has 25 heavy (non-hydrogen) atoms. The topological polar surface area (TPSA) is 92.9 Å². The molecule has 0 saturated carbocycles. The van der Waals surface area contributed by atoms with E-state index in [1.165, 1.54) is 0 Å². The van der Waals surface area contributed by atoms with Gasteiger partial charge < -0.3 is 15.2 Å². The average molecular weight is 378 g/mol. The number of nitrogens with zero attached hydrogens (tertiary/aromatic N) is 3. The lowest BCUT2D eigenvalue weighted by Gasteiger charge is -2.08. The maximum absolute atomic E-state index is 12.4. The van der Waals surface area contributed by atoms with Crippen LogP contribution in [-0.4, -0.2) is 21.0 Å². The standard InChI is InChI=1S/C16H13Cl2N5O2/c1-8-3-13(15(24)20-12-6-10(17)5-11(18)7-12)21-16(19-8)22-14-4-9(2)25-23-14/h3-7H,1-2H3,(H,20,24)(H,19,21,22,23). The number of carbonyl (C=O) groups is 1. The van der Waals surface area contributed by atoms with Crippen LogP contribution in [0, 0.1) is 13.8 Å².